The minimum absolute atomic E-state index is 0.00400. The van der Waals surface area contributed by atoms with Crippen LogP contribution in [-0.4, -0.2) is 24.3 Å². The van der Waals surface area contributed by atoms with Gasteiger partial charge in [-0.1, -0.05) is 18.2 Å². The zero-order valence-corrected chi connectivity index (χ0v) is 17.9. The zero-order valence-electron chi connectivity index (χ0n) is 17.9. The molecule has 0 saturated carbocycles. The van der Waals surface area contributed by atoms with Crippen LogP contribution in [0.2, 0.25) is 0 Å². The van der Waals surface area contributed by atoms with Crippen molar-refractivity contribution in [3.8, 4) is 0 Å². The summed E-state index contributed by atoms with van der Waals surface area (Å²) in [6.07, 6.45) is -4.82. The second-order valence-electron chi connectivity index (χ2n) is 7.26. The monoisotopic (exact) mass is 491 g/mol. The van der Waals surface area contributed by atoms with Crippen LogP contribution >= 0.6 is 0 Å². The van der Waals surface area contributed by atoms with Crippen molar-refractivity contribution in [3.05, 3.63) is 95.1 Å². The van der Waals surface area contributed by atoms with E-state index in [0.29, 0.717) is 6.07 Å². The molecule has 0 aromatic heterocycles. The fraction of sp³-hybridized carbons (Fsp3) is 0.125. The maximum absolute atomic E-state index is 13.7. The number of amides is 3. The van der Waals surface area contributed by atoms with Crippen LogP contribution in [0.5, 0.6) is 0 Å². The maximum atomic E-state index is 13.7. The Morgan fingerprint density at radius 3 is 2.23 bits per heavy atom. The third-order valence-electron chi connectivity index (χ3n) is 4.71. The van der Waals surface area contributed by atoms with Gasteiger partial charge in [-0.2, -0.15) is 13.2 Å². The SMILES string of the molecule is O=C(CCNC(=O)c1ccc(F)cc1F)Nc1ccccc1C(=O)Nc1cccc(C(F)(F)F)c1. The predicted octanol–water partition coefficient (Wildman–Crippen LogP) is 4.99. The lowest BCUT2D eigenvalue weighted by Crippen LogP contribution is -2.28. The second kappa shape index (κ2) is 10.8. The fourth-order valence-electron chi connectivity index (χ4n) is 3.03. The van der Waals surface area contributed by atoms with Crippen LogP contribution in [-0.2, 0) is 11.0 Å². The lowest BCUT2D eigenvalue weighted by Gasteiger charge is -2.13. The Hall–Kier alpha value is -4.28. The van der Waals surface area contributed by atoms with E-state index in [9.17, 15) is 36.3 Å². The van der Waals surface area contributed by atoms with Crippen LogP contribution in [0.4, 0.5) is 33.3 Å². The first-order valence-corrected chi connectivity index (χ1v) is 10.2. The van der Waals surface area contributed by atoms with Gasteiger partial charge in [0.25, 0.3) is 11.8 Å². The highest BCUT2D eigenvalue weighted by atomic mass is 19.4. The number of benzene rings is 3. The van der Waals surface area contributed by atoms with Crippen LogP contribution in [0, 0.1) is 11.6 Å². The van der Waals surface area contributed by atoms with E-state index in [1.807, 2.05) is 0 Å². The molecule has 3 N–H and O–H groups in total. The highest BCUT2D eigenvalue weighted by Crippen LogP contribution is 2.31. The van der Waals surface area contributed by atoms with E-state index in [0.717, 1.165) is 30.3 Å². The molecule has 0 fully saturated rings. The van der Waals surface area contributed by atoms with Gasteiger partial charge in [0.2, 0.25) is 5.91 Å². The van der Waals surface area contributed by atoms with Gasteiger partial charge in [-0.05, 0) is 42.5 Å². The Morgan fingerprint density at radius 1 is 0.771 bits per heavy atom. The minimum Gasteiger partial charge on any atom is -0.351 e. The van der Waals surface area contributed by atoms with Crippen LogP contribution in [0.25, 0.3) is 0 Å². The van der Waals surface area contributed by atoms with Gasteiger partial charge in [-0.3, -0.25) is 14.4 Å². The Balaban J connectivity index is 1.60. The van der Waals surface area contributed by atoms with Gasteiger partial charge in [0.05, 0.1) is 22.4 Å². The van der Waals surface area contributed by atoms with Gasteiger partial charge in [0.1, 0.15) is 11.6 Å². The second-order valence-corrected chi connectivity index (χ2v) is 7.26. The van der Waals surface area contributed by atoms with E-state index in [1.165, 1.54) is 30.3 Å². The van der Waals surface area contributed by atoms with E-state index in [-0.39, 0.29) is 35.5 Å². The Kier molecular flexibility index (Phi) is 7.80. The van der Waals surface area contributed by atoms with Crippen LogP contribution in [0.15, 0.2) is 66.7 Å². The third kappa shape index (κ3) is 6.85. The molecule has 0 spiro atoms. The molecule has 35 heavy (non-hydrogen) atoms. The summed E-state index contributed by atoms with van der Waals surface area (Å²) in [6.45, 7) is -0.180. The van der Waals surface area contributed by atoms with Crippen molar-refractivity contribution in [2.45, 2.75) is 12.6 Å². The van der Waals surface area contributed by atoms with Gasteiger partial charge in [-0.15, -0.1) is 0 Å². The van der Waals surface area contributed by atoms with Crippen LogP contribution in [0.3, 0.4) is 0 Å². The van der Waals surface area contributed by atoms with Gasteiger partial charge in [0.15, 0.2) is 0 Å². The molecule has 6 nitrogen and oxygen atoms in total. The first kappa shape index (κ1) is 25.3. The summed E-state index contributed by atoms with van der Waals surface area (Å²) in [6, 6.07) is 12.4. The topological polar surface area (TPSA) is 87.3 Å². The highest BCUT2D eigenvalue weighted by molar-refractivity contribution is 6.10. The average molecular weight is 491 g/mol. The van der Waals surface area contributed by atoms with E-state index < -0.39 is 41.1 Å². The first-order chi connectivity index (χ1) is 16.5. The highest BCUT2D eigenvalue weighted by Gasteiger charge is 2.30. The van der Waals surface area contributed by atoms with Gasteiger partial charge in [0, 0.05) is 24.7 Å². The minimum atomic E-state index is -4.58. The summed E-state index contributed by atoms with van der Waals surface area (Å²) in [7, 11) is 0. The number of alkyl halides is 3. The molecule has 3 aromatic rings. The molecule has 0 saturated heterocycles. The number of rotatable bonds is 7. The van der Waals surface area contributed by atoms with Crippen molar-refractivity contribution in [3.63, 3.8) is 0 Å². The molecule has 0 aliphatic heterocycles. The van der Waals surface area contributed by atoms with Crippen LogP contribution in [0.1, 0.15) is 32.7 Å². The Bertz CT molecular complexity index is 1260. The molecule has 0 bridgehead atoms. The zero-order chi connectivity index (χ0) is 25.6. The van der Waals surface area contributed by atoms with Crippen LogP contribution < -0.4 is 16.0 Å². The summed E-state index contributed by atoms with van der Waals surface area (Å²) in [4.78, 5) is 36.9. The number of anilines is 2. The molecule has 3 rings (SSSR count). The molecule has 0 aliphatic rings. The standard InChI is InChI=1S/C24H18F5N3O3/c25-15-8-9-17(19(26)13-15)22(34)30-11-10-21(33)32-20-7-2-1-6-18(20)23(35)31-16-5-3-4-14(12-16)24(27,28)29/h1-9,12-13H,10-11H2,(H,30,34)(H,31,35)(H,32,33). The molecule has 3 aromatic carbocycles. The summed E-state index contributed by atoms with van der Waals surface area (Å²) in [5, 5.41) is 7.18. The Labute approximate surface area is 196 Å². The number of halogens is 5. The number of para-hydroxylation sites is 1. The number of hydrogen-bond acceptors (Lipinski definition) is 3. The summed E-state index contributed by atoms with van der Waals surface area (Å²) in [5.74, 6) is -4.07. The normalized spacial score (nSPS) is 11.0. The summed E-state index contributed by atoms with van der Waals surface area (Å²) in [5.41, 5.74) is -1.31. The third-order valence-corrected chi connectivity index (χ3v) is 4.71. The molecule has 0 radical (unpaired) electrons. The Morgan fingerprint density at radius 2 is 1.51 bits per heavy atom. The number of carbonyl (C=O) groups is 3. The van der Waals surface area contributed by atoms with Crippen molar-refractivity contribution in [2.24, 2.45) is 0 Å². The maximum Gasteiger partial charge on any atom is 0.416 e. The molecule has 11 heteroatoms. The van der Waals surface area contributed by atoms with Crippen molar-refractivity contribution in [2.75, 3.05) is 17.2 Å². The number of hydrogen-bond donors (Lipinski definition) is 3. The van der Waals surface area contributed by atoms with E-state index in [4.69, 9.17) is 0 Å². The number of carbonyl (C=O) groups excluding carboxylic acids is 3. The van der Waals surface area contributed by atoms with Gasteiger partial charge < -0.3 is 16.0 Å². The largest absolute Gasteiger partial charge is 0.416 e. The smallest absolute Gasteiger partial charge is 0.351 e. The first-order valence-electron chi connectivity index (χ1n) is 10.2. The molecular formula is C24H18F5N3O3. The summed E-state index contributed by atoms with van der Waals surface area (Å²) < 4.78 is 65.3. The van der Waals surface area contributed by atoms with E-state index in [2.05, 4.69) is 16.0 Å². The van der Waals surface area contributed by atoms with E-state index >= 15 is 0 Å². The van der Waals surface area contributed by atoms with Crippen molar-refractivity contribution >= 4 is 29.1 Å². The lowest BCUT2D eigenvalue weighted by molar-refractivity contribution is -0.137. The molecule has 0 aliphatic carbocycles. The molecule has 0 unspecified atom stereocenters. The molecule has 0 atom stereocenters. The van der Waals surface area contributed by atoms with E-state index in [1.54, 1.807) is 0 Å². The van der Waals surface area contributed by atoms with Crippen molar-refractivity contribution < 1.29 is 36.3 Å². The van der Waals surface area contributed by atoms with Crippen molar-refractivity contribution in [1.82, 2.24) is 5.32 Å². The average Bonchev–Trinajstić information content (AvgIpc) is 2.79. The molecule has 3 amide bonds. The van der Waals surface area contributed by atoms with Gasteiger partial charge in [-0.25, -0.2) is 8.78 Å². The molecular weight excluding hydrogens is 473 g/mol. The quantitative estimate of drug-likeness (QED) is 0.407. The van der Waals surface area contributed by atoms with Crippen molar-refractivity contribution in [1.29, 1.82) is 0 Å². The summed E-state index contributed by atoms with van der Waals surface area (Å²) >= 11 is 0. The lowest BCUT2D eigenvalue weighted by atomic mass is 10.1. The molecule has 182 valence electrons. The fourth-order valence-corrected chi connectivity index (χ4v) is 3.03. The molecule has 0 heterocycles. The predicted molar refractivity (Wildman–Crippen MR) is 118 cm³/mol. The van der Waals surface area contributed by atoms with Gasteiger partial charge >= 0.3 is 6.18 Å². The number of nitrogens with one attached hydrogen (secondary N) is 3.